The average Bonchev–Trinajstić information content (AvgIpc) is 3.10. The molecule has 0 aliphatic carbocycles. The number of benzene rings is 2. The molecule has 29 heavy (non-hydrogen) atoms. The van der Waals surface area contributed by atoms with Gasteiger partial charge in [-0.1, -0.05) is 35.3 Å². The van der Waals surface area contributed by atoms with Gasteiger partial charge in [-0.3, -0.25) is 14.8 Å². The van der Waals surface area contributed by atoms with E-state index >= 15 is 0 Å². The first kappa shape index (κ1) is 21.4. The van der Waals surface area contributed by atoms with E-state index in [0.29, 0.717) is 32.3 Å². The molecular formula is C18H15Cl2N3O4S2. The molecule has 7 nitrogen and oxygen atoms in total. The standard InChI is InChI=1S/C18H15Cl2N3O4S2/c1-29(25,26)23-13-5-2-11(3-6-13)15-10-28-18(21-15)22-17(24)9-27-16-8-12(19)4-7-14(16)20/h2-8,10,23H,9H2,1H3,(H,21,22,24). The van der Waals surface area contributed by atoms with Crippen molar-refractivity contribution < 1.29 is 17.9 Å². The molecule has 0 fully saturated rings. The van der Waals surface area contributed by atoms with E-state index in [1.165, 1.54) is 17.4 Å². The van der Waals surface area contributed by atoms with Crippen LogP contribution in [0.2, 0.25) is 10.0 Å². The highest BCUT2D eigenvalue weighted by atomic mass is 35.5. The van der Waals surface area contributed by atoms with Crippen molar-refractivity contribution in [2.24, 2.45) is 0 Å². The van der Waals surface area contributed by atoms with Gasteiger partial charge in [0.15, 0.2) is 11.7 Å². The van der Waals surface area contributed by atoms with Crippen LogP contribution in [0, 0.1) is 0 Å². The molecule has 1 aromatic heterocycles. The van der Waals surface area contributed by atoms with E-state index in [9.17, 15) is 13.2 Å². The lowest BCUT2D eigenvalue weighted by molar-refractivity contribution is -0.118. The molecule has 3 rings (SSSR count). The van der Waals surface area contributed by atoms with E-state index in [4.69, 9.17) is 27.9 Å². The van der Waals surface area contributed by atoms with Gasteiger partial charge in [-0.05, 0) is 24.3 Å². The van der Waals surface area contributed by atoms with Crippen LogP contribution in [0.4, 0.5) is 10.8 Å². The summed E-state index contributed by atoms with van der Waals surface area (Å²) in [4.78, 5) is 16.5. The summed E-state index contributed by atoms with van der Waals surface area (Å²) in [7, 11) is -3.33. The van der Waals surface area contributed by atoms with E-state index in [2.05, 4.69) is 15.0 Å². The minimum Gasteiger partial charge on any atom is -0.482 e. The lowest BCUT2D eigenvalue weighted by Gasteiger charge is -2.07. The molecule has 0 atom stereocenters. The van der Waals surface area contributed by atoms with Crippen LogP contribution in [0.25, 0.3) is 11.3 Å². The number of sulfonamides is 1. The smallest absolute Gasteiger partial charge is 0.264 e. The van der Waals surface area contributed by atoms with Gasteiger partial charge in [-0.2, -0.15) is 0 Å². The van der Waals surface area contributed by atoms with Gasteiger partial charge in [-0.15, -0.1) is 11.3 Å². The number of aromatic nitrogens is 1. The summed E-state index contributed by atoms with van der Waals surface area (Å²) in [5.41, 5.74) is 1.88. The molecule has 0 spiro atoms. The van der Waals surface area contributed by atoms with Crippen LogP contribution in [0.15, 0.2) is 47.8 Å². The Balaban J connectivity index is 1.59. The highest BCUT2D eigenvalue weighted by Gasteiger charge is 2.11. The maximum absolute atomic E-state index is 12.1. The van der Waals surface area contributed by atoms with Crippen LogP contribution < -0.4 is 14.8 Å². The van der Waals surface area contributed by atoms with Crippen molar-refractivity contribution >= 4 is 61.3 Å². The highest BCUT2D eigenvalue weighted by Crippen LogP contribution is 2.28. The number of amides is 1. The van der Waals surface area contributed by atoms with Crippen molar-refractivity contribution in [2.45, 2.75) is 0 Å². The Morgan fingerprint density at radius 3 is 2.59 bits per heavy atom. The molecule has 152 valence electrons. The zero-order valence-electron chi connectivity index (χ0n) is 15.0. The maximum Gasteiger partial charge on any atom is 0.264 e. The monoisotopic (exact) mass is 471 g/mol. The molecule has 2 N–H and O–H groups in total. The fourth-order valence-corrected chi connectivity index (χ4v) is 3.91. The van der Waals surface area contributed by atoms with Gasteiger partial charge >= 0.3 is 0 Å². The fraction of sp³-hybridized carbons (Fsp3) is 0.111. The van der Waals surface area contributed by atoms with Crippen molar-refractivity contribution in [3.8, 4) is 17.0 Å². The summed E-state index contributed by atoms with van der Waals surface area (Å²) in [6.45, 7) is -0.249. The molecule has 0 radical (unpaired) electrons. The van der Waals surface area contributed by atoms with Gasteiger partial charge in [0, 0.05) is 27.7 Å². The van der Waals surface area contributed by atoms with Crippen LogP contribution in [-0.4, -0.2) is 32.2 Å². The Labute approximate surface area is 181 Å². The number of ether oxygens (including phenoxy) is 1. The third kappa shape index (κ3) is 6.33. The molecule has 0 bridgehead atoms. The second-order valence-corrected chi connectivity index (χ2v) is 9.35. The van der Waals surface area contributed by atoms with Crippen LogP contribution >= 0.6 is 34.5 Å². The number of thiazole rings is 1. The lowest BCUT2D eigenvalue weighted by Crippen LogP contribution is -2.20. The van der Waals surface area contributed by atoms with E-state index in [1.54, 1.807) is 41.8 Å². The summed E-state index contributed by atoms with van der Waals surface area (Å²) in [6, 6.07) is 11.5. The fourth-order valence-electron chi connectivity index (χ4n) is 2.27. The average molecular weight is 472 g/mol. The zero-order valence-corrected chi connectivity index (χ0v) is 18.1. The molecule has 2 aromatic carbocycles. The van der Waals surface area contributed by atoms with Gasteiger partial charge in [0.25, 0.3) is 5.91 Å². The Hall–Kier alpha value is -2.33. The molecular weight excluding hydrogens is 457 g/mol. The number of anilines is 2. The Bertz CT molecular complexity index is 1130. The molecule has 0 unspecified atom stereocenters. The largest absolute Gasteiger partial charge is 0.482 e. The highest BCUT2D eigenvalue weighted by molar-refractivity contribution is 7.92. The van der Waals surface area contributed by atoms with Crippen molar-refractivity contribution in [1.29, 1.82) is 0 Å². The number of nitrogens with one attached hydrogen (secondary N) is 2. The third-order valence-electron chi connectivity index (χ3n) is 3.49. The molecule has 0 saturated carbocycles. The van der Waals surface area contributed by atoms with E-state index in [1.807, 2.05) is 0 Å². The molecule has 0 aliphatic heterocycles. The number of carbonyl (C=O) groups excluding carboxylic acids is 1. The van der Waals surface area contributed by atoms with Gasteiger partial charge in [0.1, 0.15) is 5.75 Å². The predicted octanol–water partition coefficient (Wildman–Crippen LogP) is 4.51. The van der Waals surface area contributed by atoms with Gasteiger partial charge in [0.2, 0.25) is 10.0 Å². The van der Waals surface area contributed by atoms with Gasteiger partial charge in [0.05, 0.1) is 17.0 Å². The van der Waals surface area contributed by atoms with Crippen molar-refractivity contribution in [3.63, 3.8) is 0 Å². The second-order valence-electron chi connectivity index (χ2n) is 5.90. The minimum absolute atomic E-state index is 0.249. The first-order valence-electron chi connectivity index (χ1n) is 8.11. The number of rotatable bonds is 7. The topological polar surface area (TPSA) is 97.4 Å². The molecule has 3 aromatic rings. The molecule has 11 heteroatoms. The summed E-state index contributed by atoms with van der Waals surface area (Å²) < 4.78 is 30.3. The number of carbonyl (C=O) groups is 1. The normalized spacial score (nSPS) is 11.1. The Morgan fingerprint density at radius 2 is 1.90 bits per heavy atom. The Morgan fingerprint density at radius 1 is 1.17 bits per heavy atom. The summed E-state index contributed by atoms with van der Waals surface area (Å²) in [5.74, 6) is -0.0772. The minimum atomic E-state index is -3.33. The molecule has 0 aliphatic rings. The molecule has 1 amide bonds. The third-order valence-corrected chi connectivity index (χ3v) is 5.40. The van der Waals surface area contributed by atoms with E-state index < -0.39 is 15.9 Å². The molecule has 1 heterocycles. The van der Waals surface area contributed by atoms with Crippen LogP contribution in [0.3, 0.4) is 0 Å². The van der Waals surface area contributed by atoms with Crippen molar-refractivity contribution in [3.05, 3.63) is 57.9 Å². The lowest BCUT2D eigenvalue weighted by atomic mass is 10.1. The number of nitrogens with zero attached hydrogens (tertiary/aromatic N) is 1. The SMILES string of the molecule is CS(=O)(=O)Nc1ccc(-c2csc(NC(=O)COc3cc(Cl)ccc3Cl)n2)cc1. The quantitative estimate of drug-likeness (QED) is 0.528. The Kier molecular flexibility index (Phi) is 6.63. The first-order valence-corrected chi connectivity index (χ1v) is 11.6. The van der Waals surface area contributed by atoms with Gasteiger partial charge < -0.3 is 4.74 Å². The second kappa shape index (κ2) is 9.00. The zero-order chi connectivity index (χ0) is 21.0. The maximum atomic E-state index is 12.1. The van der Waals surface area contributed by atoms with Crippen LogP contribution in [-0.2, 0) is 14.8 Å². The first-order chi connectivity index (χ1) is 13.7. The van der Waals surface area contributed by atoms with E-state index in [0.717, 1.165) is 11.8 Å². The van der Waals surface area contributed by atoms with Crippen molar-refractivity contribution in [2.75, 3.05) is 22.9 Å². The van der Waals surface area contributed by atoms with Crippen LogP contribution in [0.5, 0.6) is 5.75 Å². The summed E-state index contributed by atoms with van der Waals surface area (Å²) in [5, 5.41) is 5.65. The predicted molar refractivity (Wildman–Crippen MR) is 117 cm³/mol. The number of halogens is 2. The van der Waals surface area contributed by atoms with E-state index in [-0.39, 0.29) is 6.61 Å². The number of hydrogen-bond donors (Lipinski definition) is 2. The molecule has 0 saturated heterocycles. The summed E-state index contributed by atoms with van der Waals surface area (Å²) >= 11 is 13.1. The summed E-state index contributed by atoms with van der Waals surface area (Å²) in [6.07, 6.45) is 1.08. The number of hydrogen-bond acceptors (Lipinski definition) is 6. The van der Waals surface area contributed by atoms with Crippen molar-refractivity contribution in [1.82, 2.24) is 4.98 Å². The van der Waals surface area contributed by atoms with Crippen LogP contribution in [0.1, 0.15) is 0 Å². The van der Waals surface area contributed by atoms with Gasteiger partial charge in [-0.25, -0.2) is 13.4 Å².